The zero-order chi connectivity index (χ0) is 17.1. The van der Waals surface area contributed by atoms with Crippen molar-refractivity contribution in [2.24, 2.45) is 0 Å². The van der Waals surface area contributed by atoms with Gasteiger partial charge in [0.15, 0.2) is 0 Å². The Morgan fingerprint density at radius 3 is 2.21 bits per heavy atom. The van der Waals surface area contributed by atoms with Crippen LogP contribution < -0.4 is 0 Å². The second-order valence-electron chi connectivity index (χ2n) is 5.15. The van der Waals surface area contributed by atoms with E-state index in [1.54, 1.807) is 12.1 Å². The molecule has 0 spiro atoms. The standard InChI is InChI=1S/C20H12O4/c21-19(22)16-11-14-7-4-8-17(20(23)24)18(14)15(12-16)10-9-13-5-2-1-3-6-13/h1-8,11-12H,(H,21,22)(H,23,24). The zero-order valence-corrected chi connectivity index (χ0v) is 12.5. The number of aromatic carboxylic acids is 2. The number of fused-ring (bicyclic) bond motifs is 1. The van der Waals surface area contributed by atoms with Crippen molar-refractivity contribution in [3.63, 3.8) is 0 Å². The van der Waals surface area contributed by atoms with Crippen LogP contribution in [0.1, 0.15) is 31.8 Å². The van der Waals surface area contributed by atoms with Crippen LogP contribution in [0.2, 0.25) is 0 Å². The van der Waals surface area contributed by atoms with Gasteiger partial charge in [0.05, 0.1) is 11.1 Å². The molecule has 0 aliphatic rings. The third-order valence-electron chi connectivity index (χ3n) is 3.57. The fourth-order valence-electron chi connectivity index (χ4n) is 2.49. The van der Waals surface area contributed by atoms with Crippen molar-refractivity contribution in [3.05, 3.63) is 82.9 Å². The molecule has 0 atom stereocenters. The number of carbonyl (C=O) groups is 2. The van der Waals surface area contributed by atoms with E-state index < -0.39 is 11.9 Å². The van der Waals surface area contributed by atoms with E-state index in [-0.39, 0.29) is 11.1 Å². The SMILES string of the molecule is O=C(O)c1cc(C#Cc2ccccc2)c2c(C(=O)O)cccc2c1. The summed E-state index contributed by atoms with van der Waals surface area (Å²) in [6, 6.07) is 16.8. The van der Waals surface area contributed by atoms with Crippen LogP contribution in [0.25, 0.3) is 10.8 Å². The van der Waals surface area contributed by atoms with Crippen molar-refractivity contribution in [2.45, 2.75) is 0 Å². The average molecular weight is 316 g/mol. The fraction of sp³-hybridized carbons (Fsp3) is 0. The molecule has 116 valence electrons. The van der Waals surface area contributed by atoms with Crippen molar-refractivity contribution in [1.82, 2.24) is 0 Å². The van der Waals surface area contributed by atoms with Gasteiger partial charge in [-0.3, -0.25) is 0 Å². The highest BCUT2D eigenvalue weighted by molar-refractivity contribution is 6.08. The Morgan fingerprint density at radius 2 is 1.54 bits per heavy atom. The third kappa shape index (κ3) is 2.96. The van der Waals surface area contributed by atoms with Crippen LogP contribution in [0.5, 0.6) is 0 Å². The molecular weight excluding hydrogens is 304 g/mol. The van der Waals surface area contributed by atoms with Gasteiger partial charge in [0.2, 0.25) is 0 Å². The maximum Gasteiger partial charge on any atom is 0.336 e. The highest BCUT2D eigenvalue weighted by Crippen LogP contribution is 2.25. The van der Waals surface area contributed by atoms with E-state index in [4.69, 9.17) is 0 Å². The second kappa shape index (κ2) is 6.27. The summed E-state index contributed by atoms with van der Waals surface area (Å²) in [6.07, 6.45) is 0. The molecule has 0 fully saturated rings. The summed E-state index contributed by atoms with van der Waals surface area (Å²) in [6.45, 7) is 0. The Kier molecular flexibility index (Phi) is 4.00. The minimum absolute atomic E-state index is 0.0717. The van der Waals surface area contributed by atoms with Gasteiger partial charge in [-0.05, 0) is 35.7 Å². The molecule has 0 saturated carbocycles. The van der Waals surface area contributed by atoms with Crippen LogP contribution in [-0.4, -0.2) is 22.2 Å². The Morgan fingerprint density at radius 1 is 0.792 bits per heavy atom. The predicted octanol–water partition coefficient (Wildman–Crippen LogP) is 3.64. The van der Waals surface area contributed by atoms with Crippen molar-refractivity contribution in [2.75, 3.05) is 0 Å². The molecule has 0 bridgehead atoms. The van der Waals surface area contributed by atoms with Gasteiger partial charge in [0, 0.05) is 16.5 Å². The van der Waals surface area contributed by atoms with Gasteiger partial charge in [0.25, 0.3) is 0 Å². The quantitative estimate of drug-likeness (QED) is 0.708. The van der Waals surface area contributed by atoms with Crippen molar-refractivity contribution in [1.29, 1.82) is 0 Å². The molecule has 24 heavy (non-hydrogen) atoms. The first kappa shape index (κ1) is 15.3. The smallest absolute Gasteiger partial charge is 0.336 e. The molecule has 0 aliphatic heterocycles. The van der Waals surface area contributed by atoms with Gasteiger partial charge in [-0.25, -0.2) is 9.59 Å². The minimum atomic E-state index is -1.08. The molecule has 0 radical (unpaired) electrons. The lowest BCUT2D eigenvalue weighted by Gasteiger charge is -2.07. The van der Waals surface area contributed by atoms with Crippen LogP contribution in [-0.2, 0) is 0 Å². The summed E-state index contributed by atoms with van der Waals surface area (Å²) >= 11 is 0. The van der Waals surface area contributed by atoms with E-state index in [9.17, 15) is 19.8 Å². The van der Waals surface area contributed by atoms with E-state index in [1.807, 2.05) is 30.3 Å². The number of hydrogen-bond donors (Lipinski definition) is 2. The Hall–Kier alpha value is -3.58. The maximum absolute atomic E-state index is 11.5. The van der Waals surface area contributed by atoms with Crippen LogP contribution in [0.4, 0.5) is 0 Å². The van der Waals surface area contributed by atoms with E-state index in [0.29, 0.717) is 16.3 Å². The summed E-state index contributed by atoms with van der Waals surface area (Å²) in [4.78, 5) is 22.8. The molecule has 0 heterocycles. The fourth-order valence-corrected chi connectivity index (χ4v) is 2.49. The van der Waals surface area contributed by atoms with Crippen LogP contribution in [0.3, 0.4) is 0 Å². The Bertz CT molecular complexity index is 1010. The number of hydrogen-bond acceptors (Lipinski definition) is 2. The Labute approximate surface area is 138 Å². The summed E-state index contributed by atoms with van der Waals surface area (Å²) in [5.74, 6) is 3.71. The lowest BCUT2D eigenvalue weighted by molar-refractivity contribution is 0.0688. The number of carboxylic acid groups (broad SMARTS) is 2. The number of benzene rings is 3. The molecule has 3 aromatic rings. The van der Waals surface area contributed by atoms with Gasteiger partial charge < -0.3 is 10.2 Å². The van der Waals surface area contributed by atoms with Gasteiger partial charge in [-0.15, -0.1) is 0 Å². The minimum Gasteiger partial charge on any atom is -0.478 e. The highest BCUT2D eigenvalue weighted by Gasteiger charge is 2.14. The first-order valence-electron chi connectivity index (χ1n) is 7.16. The monoisotopic (exact) mass is 316 g/mol. The lowest BCUT2D eigenvalue weighted by Crippen LogP contribution is -2.02. The number of rotatable bonds is 2. The largest absolute Gasteiger partial charge is 0.478 e. The average Bonchev–Trinajstić information content (AvgIpc) is 2.59. The molecule has 4 nitrogen and oxygen atoms in total. The molecule has 4 heteroatoms. The molecular formula is C20H12O4. The van der Waals surface area contributed by atoms with E-state index in [0.717, 1.165) is 5.56 Å². The normalized spacial score (nSPS) is 10.0. The number of carboxylic acids is 2. The van der Waals surface area contributed by atoms with Crippen molar-refractivity contribution < 1.29 is 19.8 Å². The molecule has 0 aliphatic carbocycles. The third-order valence-corrected chi connectivity index (χ3v) is 3.57. The van der Waals surface area contributed by atoms with Gasteiger partial charge >= 0.3 is 11.9 Å². The topological polar surface area (TPSA) is 74.6 Å². The maximum atomic E-state index is 11.5. The van der Waals surface area contributed by atoms with E-state index in [2.05, 4.69) is 11.8 Å². The summed E-state index contributed by atoms with van der Waals surface area (Å²) < 4.78 is 0. The molecule has 2 N–H and O–H groups in total. The van der Waals surface area contributed by atoms with Crippen LogP contribution in [0, 0.1) is 11.8 Å². The molecule has 3 aromatic carbocycles. The molecule has 0 aromatic heterocycles. The predicted molar refractivity (Wildman–Crippen MR) is 90.3 cm³/mol. The summed E-state index contributed by atoms with van der Waals surface area (Å²) in [5, 5.41) is 19.7. The van der Waals surface area contributed by atoms with Crippen LogP contribution >= 0.6 is 0 Å². The first-order chi connectivity index (χ1) is 11.6. The molecule has 3 rings (SSSR count). The van der Waals surface area contributed by atoms with E-state index in [1.165, 1.54) is 18.2 Å². The summed E-state index contributed by atoms with van der Waals surface area (Å²) in [5.41, 5.74) is 1.31. The van der Waals surface area contributed by atoms with Gasteiger partial charge in [0.1, 0.15) is 0 Å². The first-order valence-corrected chi connectivity index (χ1v) is 7.16. The molecule has 0 unspecified atom stereocenters. The molecule has 0 amide bonds. The van der Waals surface area contributed by atoms with Crippen LogP contribution in [0.15, 0.2) is 60.7 Å². The lowest BCUT2D eigenvalue weighted by atomic mass is 9.96. The van der Waals surface area contributed by atoms with E-state index >= 15 is 0 Å². The van der Waals surface area contributed by atoms with Crippen molar-refractivity contribution in [3.8, 4) is 11.8 Å². The zero-order valence-electron chi connectivity index (χ0n) is 12.5. The second-order valence-corrected chi connectivity index (χ2v) is 5.15. The van der Waals surface area contributed by atoms with Crippen molar-refractivity contribution >= 4 is 22.7 Å². The molecule has 0 saturated heterocycles. The highest BCUT2D eigenvalue weighted by atomic mass is 16.4. The summed E-state index contributed by atoms with van der Waals surface area (Å²) in [7, 11) is 0. The Balaban J connectivity index is 2.29. The van der Waals surface area contributed by atoms with Gasteiger partial charge in [-0.1, -0.05) is 42.2 Å². The van der Waals surface area contributed by atoms with Gasteiger partial charge in [-0.2, -0.15) is 0 Å².